The van der Waals surface area contributed by atoms with Gasteiger partial charge >= 0.3 is 0 Å². The van der Waals surface area contributed by atoms with Crippen LogP contribution in [0.4, 0.5) is 0 Å². The van der Waals surface area contributed by atoms with Gasteiger partial charge in [0, 0.05) is 5.02 Å². The van der Waals surface area contributed by atoms with E-state index in [0.717, 1.165) is 0 Å². The van der Waals surface area contributed by atoms with E-state index in [1.807, 2.05) is 0 Å². The Morgan fingerprint density at radius 3 is 2.35 bits per heavy atom. The third-order valence-corrected chi connectivity index (χ3v) is 3.07. The number of alkyl halides is 3. The van der Waals surface area contributed by atoms with E-state index in [1.54, 1.807) is 0 Å². The Hall–Kier alpha value is 0.1000. The number of nitrogens with two attached hydrogens (primary N) is 1. The zero-order valence-corrected chi connectivity index (χ0v) is 12.0. The van der Waals surface area contributed by atoms with Gasteiger partial charge in [-0.3, -0.25) is 4.79 Å². The molecule has 3 nitrogen and oxygen atoms in total. The summed E-state index contributed by atoms with van der Waals surface area (Å²) < 4.78 is -1.80. The van der Waals surface area contributed by atoms with Crippen LogP contribution in [0.25, 0.3) is 0 Å². The second-order valence-electron chi connectivity index (χ2n) is 3.12. The van der Waals surface area contributed by atoms with Crippen molar-refractivity contribution in [1.29, 1.82) is 0 Å². The fourth-order valence-electron chi connectivity index (χ4n) is 0.974. The molecule has 0 aromatic heterocycles. The van der Waals surface area contributed by atoms with Crippen LogP contribution in [0.1, 0.15) is 10.4 Å². The number of amides is 1. The van der Waals surface area contributed by atoms with Crippen LogP contribution in [0.5, 0.6) is 0 Å². The van der Waals surface area contributed by atoms with E-state index >= 15 is 0 Å². The van der Waals surface area contributed by atoms with Crippen LogP contribution in [0.15, 0.2) is 18.2 Å². The highest BCUT2D eigenvalue weighted by Gasteiger charge is 2.31. The molecule has 1 amide bonds. The average molecular weight is 336 g/mol. The molecule has 1 rings (SSSR count). The van der Waals surface area contributed by atoms with Gasteiger partial charge in [0.05, 0.1) is 10.6 Å². The lowest BCUT2D eigenvalue weighted by Gasteiger charge is -2.21. The van der Waals surface area contributed by atoms with E-state index in [0.29, 0.717) is 5.02 Å². The standard InChI is InChI=1S/C9H7Cl5N2O/c10-4-1-2-5(6(11)3-4)7(17)16-8(15)9(12,13)14/h1-3,8H,15H2,(H,16,17). The predicted octanol–water partition coefficient (Wildman–Crippen LogP) is 3.38. The second kappa shape index (κ2) is 5.83. The van der Waals surface area contributed by atoms with Crippen LogP contribution in [0, 0.1) is 0 Å². The van der Waals surface area contributed by atoms with Gasteiger partial charge in [-0.2, -0.15) is 0 Å². The topological polar surface area (TPSA) is 55.1 Å². The number of carbonyl (C=O) groups is 1. The Morgan fingerprint density at radius 1 is 1.29 bits per heavy atom. The van der Waals surface area contributed by atoms with Crippen molar-refractivity contribution < 1.29 is 4.79 Å². The van der Waals surface area contributed by atoms with Gasteiger partial charge in [0.25, 0.3) is 5.91 Å². The third kappa shape index (κ3) is 4.36. The molecule has 3 N–H and O–H groups in total. The lowest BCUT2D eigenvalue weighted by molar-refractivity contribution is 0.0938. The summed E-state index contributed by atoms with van der Waals surface area (Å²) in [7, 11) is 0. The number of halogens is 5. The van der Waals surface area contributed by atoms with E-state index in [4.69, 9.17) is 63.7 Å². The molecular weight excluding hydrogens is 329 g/mol. The van der Waals surface area contributed by atoms with Crippen molar-refractivity contribution in [2.24, 2.45) is 5.73 Å². The van der Waals surface area contributed by atoms with E-state index in [-0.39, 0.29) is 10.6 Å². The van der Waals surface area contributed by atoms with Crippen LogP contribution in [-0.4, -0.2) is 15.9 Å². The summed E-state index contributed by atoms with van der Waals surface area (Å²) in [5, 5.41) is 2.91. The highest BCUT2D eigenvalue weighted by molar-refractivity contribution is 6.68. The number of hydrogen-bond donors (Lipinski definition) is 2. The Labute approximate surface area is 123 Å². The van der Waals surface area contributed by atoms with Gasteiger partial charge in [-0.05, 0) is 18.2 Å². The van der Waals surface area contributed by atoms with E-state index in [1.165, 1.54) is 18.2 Å². The molecular formula is C9H7Cl5N2O. The first kappa shape index (κ1) is 15.2. The summed E-state index contributed by atoms with van der Waals surface area (Å²) in [6, 6.07) is 4.40. The number of nitrogens with one attached hydrogen (secondary N) is 1. The largest absolute Gasteiger partial charge is 0.333 e. The summed E-state index contributed by atoms with van der Waals surface area (Å²) in [5.41, 5.74) is 5.67. The smallest absolute Gasteiger partial charge is 0.254 e. The van der Waals surface area contributed by atoms with E-state index in [2.05, 4.69) is 5.32 Å². The predicted molar refractivity (Wildman–Crippen MR) is 72.2 cm³/mol. The molecule has 0 radical (unpaired) electrons. The van der Waals surface area contributed by atoms with Crippen molar-refractivity contribution in [2.45, 2.75) is 9.96 Å². The van der Waals surface area contributed by atoms with Crippen molar-refractivity contribution in [2.75, 3.05) is 0 Å². The molecule has 0 saturated heterocycles. The molecule has 0 aliphatic carbocycles. The molecule has 0 aliphatic heterocycles. The van der Waals surface area contributed by atoms with Crippen LogP contribution in [0.3, 0.4) is 0 Å². The summed E-state index contributed by atoms with van der Waals surface area (Å²) in [6.45, 7) is 0. The monoisotopic (exact) mass is 334 g/mol. The number of rotatable bonds is 2. The molecule has 0 bridgehead atoms. The number of hydrogen-bond acceptors (Lipinski definition) is 2. The zero-order valence-electron chi connectivity index (χ0n) is 8.18. The molecule has 0 aliphatic rings. The Kier molecular flexibility index (Phi) is 5.20. The molecule has 1 aromatic rings. The fraction of sp³-hybridized carbons (Fsp3) is 0.222. The molecule has 1 aromatic carbocycles. The summed E-state index contributed by atoms with van der Waals surface area (Å²) in [6.07, 6.45) is -1.15. The summed E-state index contributed by atoms with van der Waals surface area (Å²) >= 11 is 28.1. The Bertz CT molecular complexity index is 432. The quantitative estimate of drug-likeness (QED) is 0.642. The highest BCUT2D eigenvalue weighted by atomic mass is 35.6. The Morgan fingerprint density at radius 2 is 1.88 bits per heavy atom. The second-order valence-corrected chi connectivity index (χ2v) is 6.33. The van der Waals surface area contributed by atoms with Crippen molar-refractivity contribution in [3.63, 3.8) is 0 Å². The van der Waals surface area contributed by atoms with E-state index < -0.39 is 15.9 Å². The van der Waals surface area contributed by atoms with Gasteiger partial charge in [-0.15, -0.1) is 0 Å². The molecule has 8 heteroatoms. The molecule has 94 valence electrons. The van der Waals surface area contributed by atoms with Gasteiger partial charge in [0.15, 0.2) is 0 Å². The molecule has 0 saturated carbocycles. The minimum absolute atomic E-state index is 0.187. The van der Waals surface area contributed by atoms with Gasteiger partial charge in [-0.25, -0.2) is 0 Å². The minimum Gasteiger partial charge on any atom is -0.333 e. The van der Waals surface area contributed by atoms with Gasteiger partial charge in [0.2, 0.25) is 3.79 Å². The normalized spacial score (nSPS) is 13.3. The number of benzene rings is 1. The van der Waals surface area contributed by atoms with Crippen LogP contribution >= 0.6 is 58.0 Å². The number of carbonyl (C=O) groups excluding carboxylic acids is 1. The lowest BCUT2D eigenvalue weighted by Crippen LogP contribution is -2.50. The van der Waals surface area contributed by atoms with Crippen molar-refractivity contribution >= 4 is 63.9 Å². The van der Waals surface area contributed by atoms with Gasteiger partial charge in [0.1, 0.15) is 6.17 Å². The van der Waals surface area contributed by atoms with E-state index in [9.17, 15) is 4.79 Å². The molecule has 0 spiro atoms. The first-order valence-electron chi connectivity index (χ1n) is 4.30. The summed E-state index contributed by atoms with van der Waals surface area (Å²) in [5.74, 6) is -0.550. The molecule has 0 heterocycles. The molecule has 17 heavy (non-hydrogen) atoms. The molecule has 1 unspecified atom stereocenters. The van der Waals surface area contributed by atoms with Crippen molar-refractivity contribution in [1.82, 2.24) is 5.32 Å². The van der Waals surface area contributed by atoms with Crippen molar-refractivity contribution in [3.05, 3.63) is 33.8 Å². The van der Waals surface area contributed by atoms with Crippen LogP contribution in [0.2, 0.25) is 10.0 Å². The van der Waals surface area contributed by atoms with Crippen LogP contribution in [-0.2, 0) is 0 Å². The third-order valence-electron chi connectivity index (χ3n) is 1.81. The van der Waals surface area contributed by atoms with Crippen molar-refractivity contribution in [3.8, 4) is 0 Å². The average Bonchev–Trinajstić information content (AvgIpc) is 2.15. The summed E-state index contributed by atoms with van der Waals surface area (Å²) in [4.78, 5) is 11.7. The maximum absolute atomic E-state index is 11.7. The van der Waals surface area contributed by atoms with Gasteiger partial charge < -0.3 is 11.1 Å². The maximum Gasteiger partial charge on any atom is 0.254 e. The lowest BCUT2D eigenvalue weighted by atomic mass is 10.2. The highest BCUT2D eigenvalue weighted by Crippen LogP contribution is 2.28. The molecule has 0 fully saturated rings. The molecule has 1 atom stereocenters. The SMILES string of the molecule is NC(NC(=O)c1ccc(Cl)cc1Cl)C(Cl)(Cl)Cl. The fourth-order valence-corrected chi connectivity index (χ4v) is 1.63. The first-order chi connectivity index (χ1) is 7.71. The van der Waals surface area contributed by atoms with Gasteiger partial charge in [-0.1, -0.05) is 58.0 Å². The Balaban J connectivity index is 2.84. The zero-order chi connectivity index (χ0) is 13.2. The van der Waals surface area contributed by atoms with Crippen LogP contribution < -0.4 is 11.1 Å². The maximum atomic E-state index is 11.7. The minimum atomic E-state index is -1.80. The first-order valence-corrected chi connectivity index (χ1v) is 6.19.